The van der Waals surface area contributed by atoms with Crippen LogP contribution in [0, 0.1) is 0 Å². The van der Waals surface area contributed by atoms with Crippen molar-refractivity contribution in [3.8, 4) is 0 Å². The Bertz CT molecular complexity index is 154. The van der Waals surface area contributed by atoms with Crippen molar-refractivity contribution in [2.45, 2.75) is 30.8 Å². The maximum atomic E-state index is 12.9. The van der Waals surface area contributed by atoms with Gasteiger partial charge in [0.05, 0.1) is 0 Å². The topological polar surface area (TPSA) is 95.9 Å². The lowest BCUT2D eigenvalue weighted by atomic mass is 10.0. The van der Waals surface area contributed by atoms with Crippen molar-refractivity contribution in [3.05, 3.63) is 0 Å². The van der Waals surface area contributed by atoms with E-state index in [2.05, 4.69) is 4.74 Å². The number of hydrogen-bond donors (Lipinski definition) is 4. The SMILES string of the molecule is NCC1OC(O)C(O)C(F)C1O. The van der Waals surface area contributed by atoms with E-state index in [1.54, 1.807) is 0 Å². The summed E-state index contributed by atoms with van der Waals surface area (Å²) >= 11 is 0. The van der Waals surface area contributed by atoms with Gasteiger partial charge in [0.1, 0.15) is 18.3 Å². The molecule has 1 heterocycles. The standard InChI is InChI=1S/C6H12FNO4/c7-3-4(9)2(1-8)12-6(11)5(3)10/h2-6,9-11H,1,8H2. The first-order valence-corrected chi connectivity index (χ1v) is 3.61. The molecule has 5 atom stereocenters. The number of hydrogen-bond acceptors (Lipinski definition) is 5. The Kier molecular flexibility index (Phi) is 2.97. The molecule has 5 N–H and O–H groups in total. The summed E-state index contributed by atoms with van der Waals surface area (Å²) in [4.78, 5) is 0. The fraction of sp³-hybridized carbons (Fsp3) is 1.00. The van der Waals surface area contributed by atoms with E-state index in [1.165, 1.54) is 0 Å². The molecule has 0 aromatic carbocycles. The van der Waals surface area contributed by atoms with Gasteiger partial charge in [-0.3, -0.25) is 0 Å². The first-order valence-electron chi connectivity index (χ1n) is 3.61. The van der Waals surface area contributed by atoms with Crippen LogP contribution in [0.2, 0.25) is 0 Å². The fourth-order valence-electron chi connectivity index (χ4n) is 1.10. The van der Waals surface area contributed by atoms with Crippen molar-refractivity contribution >= 4 is 0 Å². The molecule has 6 heteroatoms. The maximum absolute atomic E-state index is 12.9. The van der Waals surface area contributed by atoms with Gasteiger partial charge in [0, 0.05) is 6.54 Å². The molecule has 5 unspecified atom stereocenters. The van der Waals surface area contributed by atoms with E-state index in [0.29, 0.717) is 0 Å². The van der Waals surface area contributed by atoms with Crippen LogP contribution in [0.25, 0.3) is 0 Å². The van der Waals surface area contributed by atoms with Crippen molar-refractivity contribution < 1.29 is 24.4 Å². The van der Waals surface area contributed by atoms with E-state index in [9.17, 15) is 4.39 Å². The molecule has 0 amide bonds. The van der Waals surface area contributed by atoms with Gasteiger partial charge >= 0.3 is 0 Å². The predicted molar refractivity (Wildman–Crippen MR) is 36.8 cm³/mol. The number of rotatable bonds is 1. The zero-order chi connectivity index (χ0) is 9.30. The summed E-state index contributed by atoms with van der Waals surface area (Å²) in [6.45, 7) is -0.106. The second-order valence-corrected chi connectivity index (χ2v) is 2.73. The monoisotopic (exact) mass is 181 g/mol. The molecule has 1 rings (SSSR count). The van der Waals surface area contributed by atoms with Crippen LogP contribution in [0.4, 0.5) is 4.39 Å². The Morgan fingerprint density at radius 1 is 1.25 bits per heavy atom. The van der Waals surface area contributed by atoms with Crippen molar-refractivity contribution in [2.24, 2.45) is 5.73 Å². The Balaban J connectivity index is 2.63. The molecule has 1 aliphatic heterocycles. The van der Waals surface area contributed by atoms with Gasteiger partial charge in [-0.25, -0.2) is 4.39 Å². The van der Waals surface area contributed by atoms with Crippen molar-refractivity contribution in [3.63, 3.8) is 0 Å². The number of halogens is 1. The Morgan fingerprint density at radius 2 is 1.83 bits per heavy atom. The molecule has 1 saturated heterocycles. The van der Waals surface area contributed by atoms with E-state index in [1.807, 2.05) is 0 Å². The van der Waals surface area contributed by atoms with Gasteiger partial charge < -0.3 is 25.8 Å². The molecule has 12 heavy (non-hydrogen) atoms. The average molecular weight is 181 g/mol. The zero-order valence-electron chi connectivity index (χ0n) is 6.30. The third-order valence-corrected chi connectivity index (χ3v) is 1.87. The summed E-state index contributed by atoms with van der Waals surface area (Å²) in [6, 6.07) is 0. The number of nitrogens with two attached hydrogens (primary N) is 1. The summed E-state index contributed by atoms with van der Waals surface area (Å²) in [5, 5.41) is 26.8. The van der Waals surface area contributed by atoms with Gasteiger partial charge in [-0.2, -0.15) is 0 Å². The molecule has 5 nitrogen and oxygen atoms in total. The normalized spacial score (nSPS) is 49.2. The second-order valence-electron chi connectivity index (χ2n) is 2.73. The Hall–Kier alpha value is -0.270. The van der Waals surface area contributed by atoms with E-state index in [4.69, 9.17) is 21.1 Å². The number of aliphatic hydroxyl groups is 3. The minimum Gasteiger partial charge on any atom is -0.387 e. The molecule has 0 aromatic rings. The van der Waals surface area contributed by atoms with Crippen LogP contribution in [0.15, 0.2) is 0 Å². The van der Waals surface area contributed by atoms with Crippen LogP contribution >= 0.6 is 0 Å². The van der Waals surface area contributed by atoms with Gasteiger partial charge in [0.15, 0.2) is 12.5 Å². The lowest BCUT2D eigenvalue weighted by molar-refractivity contribution is -0.266. The van der Waals surface area contributed by atoms with Gasteiger partial charge in [0.25, 0.3) is 0 Å². The first-order chi connectivity index (χ1) is 5.57. The molecule has 1 fully saturated rings. The van der Waals surface area contributed by atoms with Crippen LogP contribution in [0.3, 0.4) is 0 Å². The van der Waals surface area contributed by atoms with Crippen LogP contribution in [-0.2, 0) is 4.74 Å². The summed E-state index contributed by atoms with van der Waals surface area (Å²) in [5.41, 5.74) is 5.12. The van der Waals surface area contributed by atoms with Gasteiger partial charge in [0.2, 0.25) is 0 Å². The third kappa shape index (κ3) is 1.57. The molecule has 0 aliphatic carbocycles. The Morgan fingerprint density at radius 3 is 2.33 bits per heavy atom. The van der Waals surface area contributed by atoms with E-state index in [0.717, 1.165) is 0 Å². The number of ether oxygens (including phenoxy) is 1. The molecule has 72 valence electrons. The predicted octanol–water partition coefficient (Wildman–Crippen LogP) is -2.28. The summed E-state index contributed by atoms with van der Waals surface area (Å²) in [5.74, 6) is 0. The lowest BCUT2D eigenvalue weighted by Crippen LogP contribution is -2.57. The van der Waals surface area contributed by atoms with Crippen molar-refractivity contribution in [1.82, 2.24) is 0 Å². The summed E-state index contributed by atoms with van der Waals surface area (Å²) < 4.78 is 17.5. The Labute approximate surface area is 68.6 Å². The summed E-state index contributed by atoms with van der Waals surface area (Å²) in [7, 11) is 0. The van der Waals surface area contributed by atoms with Crippen LogP contribution in [0.5, 0.6) is 0 Å². The average Bonchev–Trinajstić information content (AvgIpc) is 2.08. The molecular formula is C6H12FNO4. The highest BCUT2D eigenvalue weighted by molar-refractivity contribution is 4.89. The second kappa shape index (κ2) is 3.63. The van der Waals surface area contributed by atoms with Crippen molar-refractivity contribution in [2.75, 3.05) is 6.54 Å². The highest BCUT2D eigenvalue weighted by Crippen LogP contribution is 2.21. The third-order valence-electron chi connectivity index (χ3n) is 1.87. The molecule has 0 radical (unpaired) electrons. The summed E-state index contributed by atoms with van der Waals surface area (Å²) in [6.07, 6.45) is -7.67. The molecule has 0 bridgehead atoms. The largest absolute Gasteiger partial charge is 0.387 e. The van der Waals surface area contributed by atoms with E-state index in [-0.39, 0.29) is 6.54 Å². The van der Waals surface area contributed by atoms with Crippen molar-refractivity contribution in [1.29, 1.82) is 0 Å². The number of aliphatic hydroxyl groups excluding tert-OH is 3. The van der Waals surface area contributed by atoms with Crippen LogP contribution in [-0.4, -0.2) is 52.6 Å². The first kappa shape index (κ1) is 9.82. The minimum atomic E-state index is -1.91. The van der Waals surface area contributed by atoms with Crippen LogP contribution < -0.4 is 5.73 Å². The minimum absolute atomic E-state index is 0.106. The quantitative estimate of drug-likeness (QED) is 0.365. The fourth-order valence-corrected chi connectivity index (χ4v) is 1.10. The lowest BCUT2D eigenvalue weighted by Gasteiger charge is -2.36. The molecule has 0 spiro atoms. The van der Waals surface area contributed by atoms with Gasteiger partial charge in [-0.05, 0) is 0 Å². The molecule has 1 aliphatic rings. The van der Waals surface area contributed by atoms with E-state index < -0.39 is 30.8 Å². The van der Waals surface area contributed by atoms with Crippen LogP contribution in [0.1, 0.15) is 0 Å². The maximum Gasteiger partial charge on any atom is 0.184 e. The molecule has 0 aromatic heterocycles. The highest BCUT2D eigenvalue weighted by Gasteiger charge is 2.43. The molecular weight excluding hydrogens is 169 g/mol. The highest BCUT2D eigenvalue weighted by atomic mass is 19.1. The molecule has 0 saturated carbocycles. The smallest absolute Gasteiger partial charge is 0.184 e. The van der Waals surface area contributed by atoms with Gasteiger partial charge in [-0.1, -0.05) is 0 Å². The van der Waals surface area contributed by atoms with Gasteiger partial charge in [-0.15, -0.1) is 0 Å². The number of alkyl halides is 1. The zero-order valence-corrected chi connectivity index (χ0v) is 6.30. The van der Waals surface area contributed by atoms with E-state index >= 15 is 0 Å².